The number of anilines is 1. The Kier molecular flexibility index (Phi) is 5.86. The van der Waals surface area contributed by atoms with Gasteiger partial charge in [-0.25, -0.2) is 0 Å². The number of hydrogen-bond donors (Lipinski definition) is 0. The summed E-state index contributed by atoms with van der Waals surface area (Å²) in [5.74, 6) is 0.775. The van der Waals surface area contributed by atoms with Gasteiger partial charge in [-0.15, -0.1) is 0 Å². The molecule has 0 saturated carbocycles. The molecule has 2 aromatic rings. The molecule has 0 bridgehead atoms. The molecule has 0 spiro atoms. The van der Waals surface area contributed by atoms with Crippen LogP contribution in [0.2, 0.25) is 0 Å². The second-order valence-corrected chi connectivity index (χ2v) is 5.81. The van der Waals surface area contributed by atoms with Crippen LogP contribution in [0, 0.1) is 0 Å². The van der Waals surface area contributed by atoms with Crippen molar-refractivity contribution in [2.24, 2.45) is 0 Å². The van der Waals surface area contributed by atoms with Gasteiger partial charge < -0.3 is 14.4 Å². The van der Waals surface area contributed by atoms with E-state index in [1.807, 2.05) is 61.5 Å². The van der Waals surface area contributed by atoms with Crippen LogP contribution in [0.5, 0.6) is 5.75 Å². The number of morpholine rings is 1. The van der Waals surface area contributed by atoms with Crippen molar-refractivity contribution in [3.8, 4) is 5.75 Å². The summed E-state index contributed by atoms with van der Waals surface area (Å²) < 4.78 is 10.9. The maximum absolute atomic E-state index is 12.4. The van der Waals surface area contributed by atoms with E-state index in [0.29, 0.717) is 12.2 Å². The first kappa shape index (κ1) is 17.2. The minimum atomic E-state index is -0.0140. The highest BCUT2D eigenvalue weighted by Gasteiger charge is 2.11. The number of carbonyl (C=O) groups is 1. The maximum atomic E-state index is 12.4. The molecule has 1 saturated heterocycles. The lowest BCUT2D eigenvalue weighted by atomic mass is 10.1. The van der Waals surface area contributed by atoms with Gasteiger partial charge in [-0.3, -0.25) is 4.79 Å². The highest BCUT2D eigenvalue weighted by Crippen LogP contribution is 2.20. The molecular weight excluding hydrogens is 314 g/mol. The molecule has 0 aliphatic carbocycles. The Hall–Kier alpha value is -2.59. The molecule has 0 atom stereocenters. The Morgan fingerprint density at radius 3 is 2.56 bits per heavy atom. The Labute approximate surface area is 148 Å². The third-order valence-electron chi connectivity index (χ3n) is 4.16. The van der Waals surface area contributed by atoms with Crippen LogP contribution in [0.4, 0.5) is 5.69 Å². The van der Waals surface area contributed by atoms with Gasteiger partial charge in [0.05, 0.1) is 19.8 Å². The molecular formula is C21H23NO3. The number of ether oxygens (including phenoxy) is 2. The average molecular weight is 337 g/mol. The van der Waals surface area contributed by atoms with Crippen LogP contribution in [0.25, 0.3) is 6.08 Å². The molecule has 2 aromatic carbocycles. The monoisotopic (exact) mass is 337 g/mol. The number of hydrogen-bond acceptors (Lipinski definition) is 4. The fraction of sp³-hybridized carbons (Fsp3) is 0.286. The van der Waals surface area contributed by atoms with Crippen LogP contribution < -0.4 is 9.64 Å². The number of allylic oxidation sites excluding steroid dienone is 1. The maximum Gasteiger partial charge on any atom is 0.185 e. The minimum absolute atomic E-state index is 0.0140. The SMILES string of the molecule is CCOc1ccccc1/C=C/C(=O)c1ccc(N2CCOCC2)cc1. The van der Waals surface area contributed by atoms with E-state index in [9.17, 15) is 4.79 Å². The number of para-hydroxylation sites is 1. The highest BCUT2D eigenvalue weighted by molar-refractivity contribution is 6.07. The van der Waals surface area contributed by atoms with E-state index < -0.39 is 0 Å². The standard InChI is InChI=1S/C21H23NO3/c1-2-25-21-6-4-3-5-18(21)9-12-20(23)17-7-10-19(11-8-17)22-13-15-24-16-14-22/h3-12H,2,13-16H2,1H3/b12-9+. The van der Waals surface area contributed by atoms with Gasteiger partial charge in [-0.05, 0) is 49.4 Å². The van der Waals surface area contributed by atoms with Crippen LogP contribution in [-0.2, 0) is 4.74 Å². The summed E-state index contributed by atoms with van der Waals surface area (Å²) in [5.41, 5.74) is 2.72. The summed E-state index contributed by atoms with van der Waals surface area (Å²) >= 11 is 0. The largest absolute Gasteiger partial charge is 0.493 e. The lowest BCUT2D eigenvalue weighted by Crippen LogP contribution is -2.36. The number of ketones is 1. The van der Waals surface area contributed by atoms with Crippen molar-refractivity contribution in [1.29, 1.82) is 0 Å². The van der Waals surface area contributed by atoms with E-state index in [1.165, 1.54) is 0 Å². The predicted molar refractivity (Wildman–Crippen MR) is 100 cm³/mol. The van der Waals surface area contributed by atoms with Gasteiger partial charge in [0.1, 0.15) is 5.75 Å². The van der Waals surface area contributed by atoms with Gasteiger partial charge in [-0.2, -0.15) is 0 Å². The molecule has 1 fully saturated rings. The first-order valence-electron chi connectivity index (χ1n) is 8.65. The average Bonchev–Trinajstić information content (AvgIpc) is 2.68. The van der Waals surface area contributed by atoms with Crippen molar-refractivity contribution in [2.75, 3.05) is 37.8 Å². The summed E-state index contributed by atoms with van der Waals surface area (Å²) in [6, 6.07) is 15.5. The fourth-order valence-corrected chi connectivity index (χ4v) is 2.82. The van der Waals surface area contributed by atoms with Crippen molar-refractivity contribution >= 4 is 17.5 Å². The molecule has 0 unspecified atom stereocenters. The lowest BCUT2D eigenvalue weighted by Gasteiger charge is -2.28. The zero-order valence-electron chi connectivity index (χ0n) is 14.5. The summed E-state index contributed by atoms with van der Waals surface area (Å²) in [6.45, 7) is 5.83. The quantitative estimate of drug-likeness (QED) is 0.593. The van der Waals surface area contributed by atoms with Gasteiger partial charge >= 0.3 is 0 Å². The number of nitrogens with zero attached hydrogens (tertiary/aromatic N) is 1. The van der Waals surface area contributed by atoms with E-state index >= 15 is 0 Å². The third kappa shape index (κ3) is 4.48. The molecule has 1 aliphatic heterocycles. The molecule has 4 heteroatoms. The van der Waals surface area contributed by atoms with Crippen molar-refractivity contribution in [2.45, 2.75) is 6.92 Å². The van der Waals surface area contributed by atoms with Crippen molar-refractivity contribution in [1.82, 2.24) is 0 Å². The van der Waals surface area contributed by atoms with Crippen molar-refractivity contribution in [3.05, 3.63) is 65.7 Å². The zero-order valence-corrected chi connectivity index (χ0v) is 14.5. The lowest BCUT2D eigenvalue weighted by molar-refractivity contribution is 0.104. The van der Waals surface area contributed by atoms with E-state index in [1.54, 1.807) is 6.08 Å². The molecule has 25 heavy (non-hydrogen) atoms. The zero-order chi connectivity index (χ0) is 17.5. The summed E-state index contributed by atoms with van der Waals surface area (Å²) in [4.78, 5) is 14.7. The van der Waals surface area contributed by atoms with E-state index in [4.69, 9.17) is 9.47 Å². The molecule has 130 valence electrons. The first-order chi connectivity index (χ1) is 12.3. The van der Waals surface area contributed by atoms with E-state index in [2.05, 4.69) is 4.90 Å². The Bertz CT molecular complexity index is 731. The van der Waals surface area contributed by atoms with Crippen LogP contribution in [0.1, 0.15) is 22.8 Å². The summed E-state index contributed by atoms with van der Waals surface area (Å²) in [6.07, 6.45) is 3.41. The second kappa shape index (κ2) is 8.49. The smallest absolute Gasteiger partial charge is 0.185 e. The van der Waals surface area contributed by atoms with Gasteiger partial charge in [0.25, 0.3) is 0 Å². The Morgan fingerprint density at radius 1 is 1.12 bits per heavy atom. The van der Waals surface area contributed by atoms with Gasteiger partial charge in [-0.1, -0.05) is 18.2 Å². The normalized spacial score (nSPS) is 14.7. The van der Waals surface area contributed by atoms with Gasteiger partial charge in [0.15, 0.2) is 5.78 Å². The number of benzene rings is 2. The fourth-order valence-electron chi connectivity index (χ4n) is 2.82. The highest BCUT2D eigenvalue weighted by atomic mass is 16.5. The van der Waals surface area contributed by atoms with Crippen LogP contribution in [-0.4, -0.2) is 38.7 Å². The topological polar surface area (TPSA) is 38.8 Å². The molecule has 1 aliphatic rings. The van der Waals surface area contributed by atoms with Gasteiger partial charge in [0.2, 0.25) is 0 Å². The van der Waals surface area contributed by atoms with Crippen molar-refractivity contribution in [3.63, 3.8) is 0 Å². The van der Waals surface area contributed by atoms with Crippen LogP contribution in [0.3, 0.4) is 0 Å². The van der Waals surface area contributed by atoms with Crippen LogP contribution in [0.15, 0.2) is 54.6 Å². The Morgan fingerprint density at radius 2 is 1.84 bits per heavy atom. The minimum Gasteiger partial charge on any atom is -0.493 e. The predicted octanol–water partition coefficient (Wildman–Crippen LogP) is 3.82. The molecule has 4 nitrogen and oxygen atoms in total. The first-order valence-corrected chi connectivity index (χ1v) is 8.65. The molecule has 3 rings (SSSR count). The second-order valence-electron chi connectivity index (χ2n) is 5.81. The van der Waals surface area contributed by atoms with E-state index in [-0.39, 0.29) is 5.78 Å². The van der Waals surface area contributed by atoms with E-state index in [0.717, 1.165) is 43.3 Å². The number of carbonyl (C=O) groups excluding carboxylic acids is 1. The van der Waals surface area contributed by atoms with Crippen molar-refractivity contribution < 1.29 is 14.3 Å². The van der Waals surface area contributed by atoms with Gasteiger partial charge in [0, 0.05) is 29.9 Å². The molecule has 0 aromatic heterocycles. The Balaban J connectivity index is 1.69. The summed E-state index contributed by atoms with van der Waals surface area (Å²) in [7, 11) is 0. The molecule has 0 radical (unpaired) electrons. The van der Waals surface area contributed by atoms with Crippen LogP contribution >= 0.6 is 0 Å². The molecule has 0 N–H and O–H groups in total. The third-order valence-corrected chi connectivity index (χ3v) is 4.16. The molecule has 0 amide bonds. The summed E-state index contributed by atoms with van der Waals surface area (Å²) in [5, 5.41) is 0. The number of rotatable bonds is 6. The molecule has 1 heterocycles.